The van der Waals surface area contributed by atoms with Crippen LogP contribution in [0.3, 0.4) is 0 Å². The molecule has 0 radical (unpaired) electrons. The van der Waals surface area contributed by atoms with E-state index >= 15 is 0 Å². The second-order valence-corrected chi connectivity index (χ2v) is 4.85. The van der Waals surface area contributed by atoms with Crippen LogP contribution in [0.2, 0.25) is 0 Å². The summed E-state index contributed by atoms with van der Waals surface area (Å²) in [6.45, 7) is -4.22. The molecule has 0 aromatic heterocycles. The molecule has 20 heavy (non-hydrogen) atoms. The zero-order chi connectivity index (χ0) is 14.4. The molecule has 0 aliphatic rings. The van der Waals surface area contributed by atoms with Crippen molar-refractivity contribution in [2.24, 2.45) is 0 Å². The molecule has 0 unspecified atom stereocenters. The van der Waals surface area contributed by atoms with Gasteiger partial charge >= 0.3 is 6.98 Å². The molecule has 0 amide bonds. The molecule has 0 heterocycles. The molecule has 106 valence electrons. The van der Waals surface area contributed by atoms with Crippen LogP contribution in [0, 0.1) is 0 Å². The molecule has 0 spiro atoms. The van der Waals surface area contributed by atoms with Gasteiger partial charge in [-0.3, -0.25) is 0 Å². The summed E-state index contributed by atoms with van der Waals surface area (Å²) in [6.07, 6.45) is -0.843. The summed E-state index contributed by atoms with van der Waals surface area (Å²) >= 11 is 0. The molecule has 5 heteroatoms. The van der Waals surface area contributed by atoms with Gasteiger partial charge in [0.25, 0.3) is 0 Å². The lowest BCUT2D eigenvalue weighted by atomic mass is 9.90. The quantitative estimate of drug-likeness (QED) is 0.720. The highest BCUT2D eigenvalue weighted by Crippen LogP contribution is 2.16. The Morgan fingerprint density at radius 1 is 0.700 bits per heavy atom. The van der Waals surface area contributed by atoms with Crippen molar-refractivity contribution in [3.63, 3.8) is 0 Å². The Labute approximate surface area is 117 Å². The predicted molar refractivity (Wildman–Crippen MR) is 76.1 cm³/mol. The van der Waals surface area contributed by atoms with Crippen molar-refractivity contribution in [3.05, 3.63) is 71.8 Å². The van der Waals surface area contributed by atoms with E-state index in [1.165, 1.54) is 4.90 Å². The highest BCUT2D eigenvalue weighted by Gasteiger charge is 2.26. The van der Waals surface area contributed by atoms with E-state index in [0.29, 0.717) is 13.1 Å². The molecule has 0 atom stereocenters. The van der Waals surface area contributed by atoms with E-state index < -0.39 is 13.4 Å². The SMILES string of the molecule is F[B-](F)(F)CN(Cc1ccccc1)Cc1ccccc1. The molecule has 0 saturated heterocycles. The third-order valence-electron chi connectivity index (χ3n) is 2.96. The molecule has 0 fully saturated rings. The number of benzene rings is 2. The van der Waals surface area contributed by atoms with Gasteiger partial charge in [0.05, 0.1) is 0 Å². The summed E-state index contributed by atoms with van der Waals surface area (Å²) < 4.78 is 38.2. The van der Waals surface area contributed by atoms with Crippen molar-refractivity contribution < 1.29 is 12.9 Å². The van der Waals surface area contributed by atoms with Gasteiger partial charge in [-0.1, -0.05) is 60.7 Å². The molecule has 2 aromatic carbocycles. The number of halogens is 3. The molecule has 0 aliphatic carbocycles. The first-order chi connectivity index (χ1) is 9.53. The minimum absolute atomic E-state index is 0.303. The highest BCUT2D eigenvalue weighted by atomic mass is 19.4. The van der Waals surface area contributed by atoms with Gasteiger partial charge in [-0.15, -0.1) is 0 Å². The minimum atomic E-state index is -4.83. The van der Waals surface area contributed by atoms with Crippen LogP contribution in [0.25, 0.3) is 0 Å². The standard InChI is InChI=1S/C15H16BF3N/c17-16(18,19)13-20(11-14-7-3-1-4-8-14)12-15-9-5-2-6-10-15/h1-10H,11-13H2/q-1. The molecular formula is C15H16BF3N-. The van der Waals surface area contributed by atoms with E-state index in [4.69, 9.17) is 0 Å². The fourth-order valence-corrected chi connectivity index (χ4v) is 2.16. The van der Waals surface area contributed by atoms with Crippen molar-refractivity contribution in [1.82, 2.24) is 4.90 Å². The van der Waals surface area contributed by atoms with E-state index in [-0.39, 0.29) is 0 Å². The van der Waals surface area contributed by atoms with Crippen molar-refractivity contribution in [2.45, 2.75) is 13.1 Å². The molecule has 0 saturated carbocycles. The Morgan fingerprint density at radius 2 is 1.10 bits per heavy atom. The number of rotatable bonds is 6. The lowest BCUT2D eigenvalue weighted by Crippen LogP contribution is -2.37. The lowest BCUT2D eigenvalue weighted by molar-refractivity contribution is 0.263. The number of hydrogen-bond donors (Lipinski definition) is 0. The minimum Gasteiger partial charge on any atom is -0.448 e. The van der Waals surface area contributed by atoms with E-state index in [9.17, 15) is 12.9 Å². The zero-order valence-corrected chi connectivity index (χ0v) is 11.1. The van der Waals surface area contributed by atoms with Crippen LogP contribution in [0.4, 0.5) is 12.9 Å². The van der Waals surface area contributed by atoms with Crippen molar-refractivity contribution in [1.29, 1.82) is 0 Å². The average molecular weight is 278 g/mol. The first-order valence-corrected chi connectivity index (χ1v) is 6.54. The smallest absolute Gasteiger partial charge is 0.448 e. The summed E-state index contributed by atoms with van der Waals surface area (Å²) in [6, 6.07) is 18.5. The van der Waals surface area contributed by atoms with E-state index in [1.54, 1.807) is 0 Å². The van der Waals surface area contributed by atoms with Crippen LogP contribution in [0.1, 0.15) is 11.1 Å². The topological polar surface area (TPSA) is 3.24 Å². The van der Waals surface area contributed by atoms with Crippen molar-refractivity contribution in [2.75, 3.05) is 6.44 Å². The van der Waals surface area contributed by atoms with Gasteiger partial charge in [0.2, 0.25) is 0 Å². The Morgan fingerprint density at radius 3 is 1.45 bits per heavy atom. The van der Waals surface area contributed by atoms with E-state index in [2.05, 4.69) is 0 Å². The third kappa shape index (κ3) is 5.09. The highest BCUT2D eigenvalue weighted by molar-refractivity contribution is 6.58. The van der Waals surface area contributed by atoms with Crippen LogP contribution < -0.4 is 0 Å². The largest absolute Gasteiger partial charge is 0.492 e. The number of hydrogen-bond acceptors (Lipinski definition) is 1. The van der Waals surface area contributed by atoms with Gasteiger partial charge in [0, 0.05) is 13.1 Å². The first-order valence-electron chi connectivity index (χ1n) is 6.54. The van der Waals surface area contributed by atoms with Crippen molar-refractivity contribution in [3.8, 4) is 0 Å². The van der Waals surface area contributed by atoms with Gasteiger partial charge in [-0.05, 0) is 17.6 Å². The molecule has 0 bridgehead atoms. The molecule has 1 nitrogen and oxygen atoms in total. The lowest BCUT2D eigenvalue weighted by Gasteiger charge is -2.28. The predicted octanol–water partition coefficient (Wildman–Crippen LogP) is 4.08. The summed E-state index contributed by atoms with van der Waals surface area (Å²) in [7, 11) is 0. The van der Waals surface area contributed by atoms with Gasteiger partial charge in [-0.2, -0.15) is 0 Å². The molecule has 2 aromatic rings. The van der Waals surface area contributed by atoms with Gasteiger partial charge in [0.15, 0.2) is 0 Å². The molecule has 2 rings (SSSR count). The Hall–Kier alpha value is -1.75. The van der Waals surface area contributed by atoms with E-state index in [1.807, 2.05) is 60.7 Å². The summed E-state index contributed by atoms with van der Waals surface area (Å²) in [5, 5.41) is 0. The second-order valence-electron chi connectivity index (χ2n) is 4.85. The van der Waals surface area contributed by atoms with Crippen LogP contribution in [0.5, 0.6) is 0 Å². The monoisotopic (exact) mass is 278 g/mol. The van der Waals surface area contributed by atoms with Gasteiger partial charge in [-0.25, -0.2) is 0 Å². The van der Waals surface area contributed by atoms with Crippen LogP contribution in [-0.2, 0) is 13.1 Å². The van der Waals surface area contributed by atoms with Crippen LogP contribution in [-0.4, -0.2) is 18.3 Å². The first kappa shape index (κ1) is 14.7. The van der Waals surface area contributed by atoms with Crippen molar-refractivity contribution >= 4 is 6.98 Å². The Bertz CT molecular complexity index is 472. The normalized spacial score (nSPS) is 11.8. The third-order valence-corrected chi connectivity index (χ3v) is 2.96. The number of nitrogens with zero attached hydrogens (tertiary/aromatic N) is 1. The maximum Gasteiger partial charge on any atom is 0.492 e. The van der Waals surface area contributed by atoms with Crippen LogP contribution in [0.15, 0.2) is 60.7 Å². The van der Waals surface area contributed by atoms with Crippen LogP contribution >= 0.6 is 0 Å². The van der Waals surface area contributed by atoms with Gasteiger partial charge < -0.3 is 17.8 Å². The summed E-state index contributed by atoms with van der Waals surface area (Å²) in [4.78, 5) is 1.44. The fraction of sp³-hybridized carbons (Fsp3) is 0.200. The summed E-state index contributed by atoms with van der Waals surface area (Å²) in [5.74, 6) is 0. The maximum absolute atomic E-state index is 12.7. The molecule has 0 aliphatic heterocycles. The van der Waals surface area contributed by atoms with E-state index in [0.717, 1.165) is 11.1 Å². The van der Waals surface area contributed by atoms with Gasteiger partial charge in [0.1, 0.15) is 0 Å². The Balaban J connectivity index is 2.08. The second kappa shape index (κ2) is 6.61. The summed E-state index contributed by atoms with van der Waals surface area (Å²) in [5.41, 5.74) is 1.78. The molecular weight excluding hydrogens is 262 g/mol. The Kier molecular flexibility index (Phi) is 4.85. The maximum atomic E-state index is 12.7. The zero-order valence-electron chi connectivity index (χ0n) is 11.1. The fourth-order valence-electron chi connectivity index (χ4n) is 2.16. The average Bonchev–Trinajstić information content (AvgIpc) is 2.39. The molecule has 0 N–H and O–H groups in total.